The monoisotopic (exact) mass is 334 g/mol. The van der Waals surface area contributed by atoms with Crippen LogP contribution in [0.3, 0.4) is 0 Å². The first-order valence-electron chi connectivity index (χ1n) is 3.87. The van der Waals surface area contributed by atoms with Crippen LogP contribution in [0.1, 0.15) is 0 Å². The average Bonchev–Trinajstić information content (AvgIpc) is 1.94. The molecule has 15 nitrogen and oxygen atoms in total. The number of hydrogen-bond acceptors (Lipinski definition) is 15. The number of rotatable bonds is 0. The summed E-state index contributed by atoms with van der Waals surface area (Å²) in [5, 5.41) is 108. The van der Waals surface area contributed by atoms with Crippen molar-refractivity contribution in [2.45, 2.75) is 0 Å². The Morgan fingerprint density at radius 2 is 0.238 bits per heavy atom. The molecule has 0 aliphatic carbocycles. The Morgan fingerprint density at radius 1 is 0.238 bits per heavy atom. The second kappa shape index (κ2) is 32.6. The third kappa shape index (κ3) is 13800. The van der Waals surface area contributed by atoms with E-state index in [1.807, 2.05) is 0 Å². The van der Waals surface area contributed by atoms with E-state index in [4.69, 9.17) is 75.4 Å². The van der Waals surface area contributed by atoms with Crippen LogP contribution in [-0.2, 0) is 0 Å². The Labute approximate surface area is 141 Å². The minimum absolute atomic E-state index is 0. The molecule has 0 saturated heterocycles. The van der Waals surface area contributed by atoms with Crippen molar-refractivity contribution in [1.82, 2.24) is 0 Å². The normalized spacial score (nSPS) is 6.43. The van der Waals surface area contributed by atoms with Gasteiger partial charge in [0.15, 0.2) is 0 Å². The topological polar surface area (TPSA) is 303 Å². The summed E-state index contributed by atoms with van der Waals surface area (Å²) < 4.78 is 0. The Kier molecular flexibility index (Phi) is 58.6. The second-order valence-electron chi connectivity index (χ2n) is 1.73. The molecule has 0 aromatic rings. The molecule has 0 aromatic carbocycles. The Hall–Kier alpha value is 0.725. The van der Waals surface area contributed by atoms with E-state index in [0.29, 0.717) is 0 Å². The van der Waals surface area contributed by atoms with Crippen molar-refractivity contribution in [2.24, 2.45) is 0 Å². The summed E-state index contributed by atoms with van der Waals surface area (Å²) in [7, 11) is -10.8. The molecule has 21 heavy (non-hydrogen) atoms. The Morgan fingerprint density at radius 3 is 0.238 bits per heavy atom. The SMILES string of the molecule is OB(O)O.OB(O)O.OB(O)O.OB(O)O.OB(O)O.[NaH]. The van der Waals surface area contributed by atoms with Gasteiger partial charge in [-0.25, -0.2) is 0 Å². The quantitative estimate of drug-likeness (QED) is 0.183. The van der Waals surface area contributed by atoms with Crippen LogP contribution >= 0.6 is 0 Å². The van der Waals surface area contributed by atoms with Gasteiger partial charge in [-0.1, -0.05) is 0 Å². The summed E-state index contributed by atoms with van der Waals surface area (Å²) in [5.74, 6) is 0. The van der Waals surface area contributed by atoms with Gasteiger partial charge in [-0.2, -0.15) is 0 Å². The molecule has 0 radical (unpaired) electrons. The van der Waals surface area contributed by atoms with Gasteiger partial charge in [0.2, 0.25) is 0 Å². The van der Waals surface area contributed by atoms with Gasteiger partial charge >= 0.3 is 66.2 Å². The molecule has 0 spiro atoms. The van der Waals surface area contributed by atoms with Crippen LogP contribution in [0.25, 0.3) is 0 Å². The van der Waals surface area contributed by atoms with E-state index in [9.17, 15) is 0 Å². The molecule has 0 amide bonds. The van der Waals surface area contributed by atoms with Gasteiger partial charge < -0.3 is 75.4 Å². The summed E-state index contributed by atoms with van der Waals surface area (Å²) in [6.07, 6.45) is 0. The molecule has 0 unspecified atom stereocenters. The summed E-state index contributed by atoms with van der Waals surface area (Å²) in [4.78, 5) is 0. The first-order valence-corrected chi connectivity index (χ1v) is 3.87. The third-order valence-electron chi connectivity index (χ3n) is 0. The van der Waals surface area contributed by atoms with Gasteiger partial charge in [-0.3, -0.25) is 0 Å². The van der Waals surface area contributed by atoms with E-state index < -0.39 is 36.6 Å². The molecular weight excluding hydrogens is 317 g/mol. The van der Waals surface area contributed by atoms with E-state index >= 15 is 0 Å². The fourth-order valence-electron chi connectivity index (χ4n) is 0. The molecule has 0 atom stereocenters. The van der Waals surface area contributed by atoms with Gasteiger partial charge in [0.05, 0.1) is 0 Å². The van der Waals surface area contributed by atoms with Crippen molar-refractivity contribution in [3.8, 4) is 0 Å². The first kappa shape index (κ1) is 37.7. The van der Waals surface area contributed by atoms with Crippen LogP contribution < -0.4 is 0 Å². The van der Waals surface area contributed by atoms with Crippen LogP contribution in [0.15, 0.2) is 0 Å². The van der Waals surface area contributed by atoms with Crippen molar-refractivity contribution < 1.29 is 75.4 Å². The van der Waals surface area contributed by atoms with Crippen LogP contribution in [0.2, 0.25) is 0 Å². The molecule has 0 aliphatic heterocycles. The van der Waals surface area contributed by atoms with E-state index in [1.165, 1.54) is 0 Å². The third-order valence-corrected chi connectivity index (χ3v) is 0. The molecule has 0 fully saturated rings. The molecule has 0 rings (SSSR count). The molecule has 0 heterocycles. The van der Waals surface area contributed by atoms with E-state index in [2.05, 4.69) is 0 Å². The van der Waals surface area contributed by atoms with Crippen LogP contribution in [0.5, 0.6) is 0 Å². The summed E-state index contributed by atoms with van der Waals surface area (Å²) >= 11 is 0. The van der Waals surface area contributed by atoms with E-state index in [0.717, 1.165) is 0 Å². The maximum atomic E-state index is 7.17. The fraction of sp³-hybridized carbons (Fsp3) is 0. The zero-order chi connectivity index (χ0) is 17.9. The molecule has 0 aromatic heterocycles. The molecule has 15 N–H and O–H groups in total. The van der Waals surface area contributed by atoms with Crippen molar-refractivity contribution in [1.29, 1.82) is 0 Å². The number of hydrogen-bond donors (Lipinski definition) is 15. The van der Waals surface area contributed by atoms with Crippen molar-refractivity contribution >= 4 is 66.2 Å². The molecular formula is H16B5NaO15. The molecule has 0 aliphatic rings. The van der Waals surface area contributed by atoms with Crippen LogP contribution in [-0.4, -0.2) is 142 Å². The summed E-state index contributed by atoms with van der Waals surface area (Å²) in [6.45, 7) is 0. The molecule has 21 heteroatoms. The fourth-order valence-corrected chi connectivity index (χ4v) is 0. The first-order chi connectivity index (χ1) is 8.66. The zero-order valence-electron chi connectivity index (χ0n) is 9.59. The zero-order valence-corrected chi connectivity index (χ0v) is 9.59. The molecule has 0 saturated carbocycles. The van der Waals surface area contributed by atoms with Crippen LogP contribution in [0, 0.1) is 0 Å². The average molecular weight is 333 g/mol. The van der Waals surface area contributed by atoms with Gasteiger partial charge in [0.25, 0.3) is 0 Å². The van der Waals surface area contributed by atoms with Gasteiger partial charge in [0.1, 0.15) is 0 Å². The van der Waals surface area contributed by atoms with Gasteiger partial charge in [0, 0.05) is 0 Å². The van der Waals surface area contributed by atoms with Crippen molar-refractivity contribution in [2.75, 3.05) is 0 Å². The molecule has 0 bridgehead atoms. The van der Waals surface area contributed by atoms with E-state index in [1.54, 1.807) is 0 Å². The minimum atomic E-state index is -2.17. The predicted molar refractivity (Wildman–Crippen MR) is 69.2 cm³/mol. The maximum absolute atomic E-state index is 7.17. The standard InChI is InChI=1S/5BH3O3.Na.H/c5*2-1(3)4;;/h5*2-4H;;. The summed E-state index contributed by atoms with van der Waals surface area (Å²) in [6, 6.07) is 0. The Bertz CT molecular complexity index is 80.6. The van der Waals surface area contributed by atoms with Crippen LogP contribution in [0.4, 0.5) is 0 Å². The molecule has 122 valence electrons. The van der Waals surface area contributed by atoms with Gasteiger partial charge in [-0.15, -0.1) is 0 Å². The second-order valence-corrected chi connectivity index (χ2v) is 1.73. The van der Waals surface area contributed by atoms with Crippen molar-refractivity contribution in [3.05, 3.63) is 0 Å². The summed E-state index contributed by atoms with van der Waals surface area (Å²) in [5.41, 5.74) is 0. The Balaban J connectivity index is -0.0000000331. The predicted octanol–water partition coefficient (Wildman–Crippen LogP) is -10.9. The van der Waals surface area contributed by atoms with Crippen molar-refractivity contribution in [3.63, 3.8) is 0 Å². The van der Waals surface area contributed by atoms with Gasteiger partial charge in [-0.05, 0) is 0 Å². The van der Waals surface area contributed by atoms with E-state index in [-0.39, 0.29) is 29.6 Å².